The molecule has 5 atom stereocenters. The molecule has 5 unspecified atom stereocenters. The number of carbonyl (C=O) groups excluding carboxylic acids is 1. The minimum Gasteiger partial charge on any atom is -0.460 e. The highest BCUT2D eigenvalue weighted by atomic mass is 31.2. The Morgan fingerprint density at radius 1 is 1.06 bits per heavy atom. The van der Waals surface area contributed by atoms with Crippen LogP contribution in [0.4, 0.5) is 11.8 Å². The molecule has 0 amide bonds. The van der Waals surface area contributed by atoms with E-state index in [0.29, 0.717) is 22.7 Å². The zero-order chi connectivity index (χ0) is 34.2. The number of nitrogen functional groups attached to an aromatic ring is 1. The second-order valence-electron chi connectivity index (χ2n) is 11.3. The highest BCUT2D eigenvalue weighted by molar-refractivity contribution is 7.45. The Hall–Kier alpha value is -4.35. The summed E-state index contributed by atoms with van der Waals surface area (Å²) >= 11 is 0. The van der Waals surface area contributed by atoms with E-state index in [4.69, 9.17) is 29.2 Å². The number of anilines is 2. The maximum absolute atomic E-state index is 13.0. The van der Waals surface area contributed by atoms with Gasteiger partial charge in [0, 0.05) is 18.4 Å². The predicted octanol–water partition coefficient (Wildman–Crippen LogP) is 6.91. The van der Waals surface area contributed by atoms with Gasteiger partial charge in [0.2, 0.25) is 5.95 Å². The molecular formula is C35H44N7O5P. The number of hydrogen-bond acceptors (Lipinski definition) is 11. The average molecular weight is 674 g/mol. The van der Waals surface area contributed by atoms with Gasteiger partial charge in [-0.2, -0.15) is 9.97 Å². The van der Waals surface area contributed by atoms with Crippen molar-refractivity contribution in [3.8, 4) is 5.75 Å². The molecule has 254 valence electrons. The van der Waals surface area contributed by atoms with E-state index in [1.54, 1.807) is 14.0 Å². The first-order valence-electron chi connectivity index (χ1n) is 16.2. The van der Waals surface area contributed by atoms with Crippen molar-refractivity contribution >= 4 is 48.2 Å². The molecule has 0 radical (unpaired) electrons. The number of aromatic nitrogens is 4. The van der Waals surface area contributed by atoms with Gasteiger partial charge >= 0.3 is 14.5 Å². The molecule has 6 rings (SSSR count). The fraction of sp³-hybridized carbons (Fsp3) is 0.371. The summed E-state index contributed by atoms with van der Waals surface area (Å²) in [4.78, 5) is 26.4. The van der Waals surface area contributed by atoms with E-state index < -0.39 is 20.5 Å². The fourth-order valence-corrected chi connectivity index (χ4v) is 6.83. The number of nitrogens with one attached hydrogen (secondary N) is 2. The van der Waals surface area contributed by atoms with Crippen LogP contribution < -0.4 is 20.7 Å². The van der Waals surface area contributed by atoms with Gasteiger partial charge in [-0.1, -0.05) is 87.5 Å². The first kappa shape index (κ1) is 35.0. The van der Waals surface area contributed by atoms with Crippen LogP contribution in [-0.2, 0) is 25.4 Å². The highest BCUT2D eigenvalue weighted by Crippen LogP contribution is 2.42. The summed E-state index contributed by atoms with van der Waals surface area (Å²) in [5, 5.41) is 8.25. The summed E-state index contributed by atoms with van der Waals surface area (Å²) in [6, 6.07) is 22.7. The third-order valence-corrected chi connectivity index (χ3v) is 9.21. The van der Waals surface area contributed by atoms with Crippen molar-refractivity contribution in [3.05, 3.63) is 84.2 Å². The number of nitrogens with zero attached hydrogens (tertiary/aromatic N) is 4. The number of ether oxygens (including phenoxy) is 2. The molecule has 4 N–H and O–H groups in total. The maximum atomic E-state index is 13.0. The number of fused-ring (bicyclic) bond motifs is 2. The van der Waals surface area contributed by atoms with E-state index in [-0.39, 0.29) is 37.4 Å². The van der Waals surface area contributed by atoms with E-state index in [1.807, 2.05) is 98.1 Å². The third kappa shape index (κ3) is 8.02. The molecule has 3 aromatic carbocycles. The van der Waals surface area contributed by atoms with Crippen molar-refractivity contribution in [2.75, 3.05) is 24.7 Å². The first-order valence-corrected chi connectivity index (χ1v) is 17.4. The summed E-state index contributed by atoms with van der Waals surface area (Å²) in [7, 11) is -0.00562. The highest BCUT2D eigenvalue weighted by Gasteiger charge is 2.37. The number of esters is 1. The summed E-state index contributed by atoms with van der Waals surface area (Å²) < 4.78 is 26.9. The van der Waals surface area contributed by atoms with Crippen molar-refractivity contribution in [2.24, 2.45) is 5.92 Å². The number of hydrogen-bond donors (Lipinski definition) is 3. The van der Waals surface area contributed by atoms with Crippen molar-refractivity contribution in [1.29, 1.82) is 0 Å². The van der Waals surface area contributed by atoms with Crippen molar-refractivity contribution < 1.29 is 23.3 Å². The molecule has 5 aromatic rings. The van der Waals surface area contributed by atoms with E-state index >= 15 is 0 Å². The predicted molar refractivity (Wildman–Crippen MR) is 189 cm³/mol. The molecule has 1 saturated heterocycles. The lowest BCUT2D eigenvalue weighted by Crippen LogP contribution is -2.34. The topological polar surface area (TPSA) is 148 Å². The normalized spacial score (nSPS) is 18.6. The van der Waals surface area contributed by atoms with Crippen LogP contribution in [0.15, 0.2) is 72.8 Å². The fourth-order valence-electron chi connectivity index (χ4n) is 5.59. The third-order valence-electron chi connectivity index (χ3n) is 7.86. The number of rotatable bonds is 12. The zero-order valence-electron chi connectivity index (χ0n) is 28.2. The van der Waals surface area contributed by atoms with Crippen LogP contribution >= 0.6 is 8.53 Å². The Morgan fingerprint density at radius 3 is 2.56 bits per heavy atom. The van der Waals surface area contributed by atoms with Crippen molar-refractivity contribution in [1.82, 2.24) is 24.6 Å². The molecule has 2 aromatic heterocycles. The van der Waals surface area contributed by atoms with Gasteiger partial charge in [0.1, 0.15) is 30.5 Å². The Bertz CT molecular complexity index is 1820. The molecule has 0 bridgehead atoms. The van der Waals surface area contributed by atoms with E-state index in [1.165, 1.54) is 0 Å². The number of carbonyl (C=O) groups is 1. The number of imidazole rings is 1. The summed E-state index contributed by atoms with van der Waals surface area (Å²) in [6.07, 6.45) is 0.153. The average Bonchev–Trinajstić information content (AvgIpc) is 3.64. The van der Waals surface area contributed by atoms with Crippen LogP contribution in [0.25, 0.3) is 21.9 Å². The van der Waals surface area contributed by atoms with Crippen molar-refractivity contribution in [3.63, 3.8) is 0 Å². The monoisotopic (exact) mass is 673 g/mol. The van der Waals surface area contributed by atoms with Gasteiger partial charge in [0.25, 0.3) is 0 Å². The smallest absolute Gasteiger partial charge is 0.323 e. The lowest BCUT2D eigenvalue weighted by Gasteiger charge is -2.24. The van der Waals surface area contributed by atoms with Crippen LogP contribution in [0.1, 0.15) is 51.7 Å². The minimum absolute atomic E-state index is 0.129. The molecule has 13 heteroatoms. The molecule has 0 saturated carbocycles. The molecule has 1 aliphatic heterocycles. The van der Waals surface area contributed by atoms with Gasteiger partial charge in [0.15, 0.2) is 17.0 Å². The lowest BCUT2D eigenvalue weighted by molar-refractivity contribution is -0.146. The quantitative estimate of drug-likeness (QED) is 0.0938. The Balaban J connectivity index is 0.00000221. The Morgan fingerprint density at radius 2 is 1.79 bits per heavy atom. The van der Waals surface area contributed by atoms with E-state index in [2.05, 4.69) is 27.3 Å². The second kappa shape index (κ2) is 16.2. The van der Waals surface area contributed by atoms with Crippen LogP contribution in [-0.4, -0.2) is 51.3 Å². The molecule has 0 spiro atoms. The standard InChI is InChI=1S/C33H38N7O5P.C2H6/c1-20-17-25(44-31(20)40-22(3)36-28-29(35-4)37-33(34)38-30(28)40)19-43-46(45-27-16-10-14-24-13-8-9-15-26(24)27)39-21(2)32(41)42-18-23-11-6-5-7-12-23;1-2/h5-16,20-21,25,31,39H,17-19H2,1-4H3,(H3,34,35,37,38);1-2H3. The Labute approximate surface area is 282 Å². The van der Waals surface area contributed by atoms with Gasteiger partial charge in [-0.25, -0.2) is 10.1 Å². The number of benzene rings is 3. The SMILES string of the molecule is CC.CNc1nc(N)nc2c1nc(C)n2C1OC(COP(NC(C)C(=O)OCc2ccccc2)Oc2cccc3ccccc23)CC1C. The molecule has 0 aliphatic carbocycles. The first-order chi connectivity index (χ1) is 23.3. The van der Waals surface area contributed by atoms with Gasteiger partial charge < -0.3 is 29.6 Å². The Kier molecular flexibility index (Phi) is 11.8. The minimum atomic E-state index is -1.78. The van der Waals surface area contributed by atoms with Crippen LogP contribution in [0.2, 0.25) is 0 Å². The summed E-state index contributed by atoms with van der Waals surface area (Å²) in [6.45, 7) is 10.2. The molecule has 12 nitrogen and oxygen atoms in total. The number of aryl methyl sites for hydroxylation is 1. The molecule has 1 aliphatic rings. The van der Waals surface area contributed by atoms with Crippen LogP contribution in [0.3, 0.4) is 0 Å². The van der Waals surface area contributed by atoms with Crippen LogP contribution in [0.5, 0.6) is 5.75 Å². The van der Waals surface area contributed by atoms with E-state index in [9.17, 15) is 4.79 Å². The molecule has 3 heterocycles. The second-order valence-corrected chi connectivity index (χ2v) is 12.5. The molecule has 1 fully saturated rings. The van der Waals surface area contributed by atoms with E-state index in [0.717, 1.165) is 28.6 Å². The maximum Gasteiger partial charge on any atom is 0.323 e. The van der Waals surface area contributed by atoms with Gasteiger partial charge in [-0.15, -0.1) is 0 Å². The largest absolute Gasteiger partial charge is 0.460 e. The summed E-state index contributed by atoms with van der Waals surface area (Å²) in [5.74, 6) is 1.84. The van der Waals surface area contributed by atoms with Crippen LogP contribution in [0, 0.1) is 12.8 Å². The molecule has 48 heavy (non-hydrogen) atoms. The van der Waals surface area contributed by atoms with Gasteiger partial charge in [0.05, 0.1) is 12.7 Å². The lowest BCUT2D eigenvalue weighted by atomic mass is 10.1. The molecular weight excluding hydrogens is 629 g/mol. The van der Waals surface area contributed by atoms with Gasteiger partial charge in [-0.3, -0.25) is 9.36 Å². The van der Waals surface area contributed by atoms with Gasteiger partial charge in [-0.05, 0) is 37.3 Å². The zero-order valence-corrected chi connectivity index (χ0v) is 29.1. The van der Waals surface area contributed by atoms with Crippen molar-refractivity contribution in [2.45, 2.75) is 66.0 Å². The summed E-state index contributed by atoms with van der Waals surface area (Å²) in [5.41, 5.74) is 8.17. The number of nitrogens with two attached hydrogens (primary N) is 1.